The first kappa shape index (κ1) is 17.6. The molecule has 18 heavy (non-hydrogen) atoms. The van der Waals surface area contributed by atoms with Gasteiger partial charge in [0.25, 0.3) is 5.91 Å². The van der Waals surface area contributed by atoms with Crippen LogP contribution in [0.2, 0.25) is 0 Å². The van der Waals surface area contributed by atoms with Gasteiger partial charge < -0.3 is 10.4 Å². The van der Waals surface area contributed by atoms with Gasteiger partial charge >= 0.3 is 29.6 Å². The molecule has 0 saturated carbocycles. The minimum atomic E-state index is -1.15. The van der Waals surface area contributed by atoms with Gasteiger partial charge in [0.2, 0.25) is 5.91 Å². The predicted molar refractivity (Wildman–Crippen MR) is 62.0 cm³/mol. The summed E-state index contributed by atoms with van der Waals surface area (Å²) in [6.07, 6.45) is 3.12. The van der Waals surface area contributed by atoms with Crippen LogP contribution in [0, 0.1) is 11.3 Å². The molecule has 0 radical (unpaired) electrons. The van der Waals surface area contributed by atoms with E-state index < -0.39 is 23.3 Å². The summed E-state index contributed by atoms with van der Waals surface area (Å²) in [6.45, 7) is 5.72. The van der Waals surface area contributed by atoms with Crippen LogP contribution >= 0.6 is 0 Å². The van der Waals surface area contributed by atoms with Gasteiger partial charge in [0.05, 0.1) is 6.02 Å². The van der Waals surface area contributed by atoms with Gasteiger partial charge in [0.15, 0.2) is 0 Å². The van der Waals surface area contributed by atoms with Crippen molar-refractivity contribution in [2.24, 2.45) is 16.3 Å². The molecule has 2 unspecified atom stereocenters. The van der Waals surface area contributed by atoms with E-state index in [1.165, 1.54) is 0 Å². The molecule has 6 heteroatoms. The number of nitrogens with one attached hydrogen (secondary N) is 1. The summed E-state index contributed by atoms with van der Waals surface area (Å²) >= 11 is 0. The van der Waals surface area contributed by atoms with Crippen LogP contribution in [0.4, 0.5) is 0 Å². The molecule has 5 nitrogen and oxygen atoms in total. The Bertz CT molecular complexity index is 357. The number of aliphatic imine (C=N–C) groups is 1. The van der Waals surface area contributed by atoms with Gasteiger partial charge in [-0.15, -0.1) is 0 Å². The minimum absolute atomic E-state index is 0. The number of rotatable bonds is 5. The van der Waals surface area contributed by atoms with Crippen LogP contribution < -0.4 is 40.0 Å². The van der Waals surface area contributed by atoms with Crippen molar-refractivity contribution >= 4 is 17.8 Å². The second-order valence-electron chi connectivity index (χ2n) is 4.54. The van der Waals surface area contributed by atoms with Crippen LogP contribution in [0.5, 0.6) is 0 Å². The maximum atomic E-state index is 12.0. The van der Waals surface area contributed by atoms with Crippen LogP contribution in [0.3, 0.4) is 0 Å². The summed E-state index contributed by atoms with van der Waals surface area (Å²) in [5.41, 5.74) is -1.15. The molecule has 1 N–H and O–H groups in total. The third-order valence-electron chi connectivity index (χ3n) is 3.60. The summed E-state index contributed by atoms with van der Waals surface area (Å²) in [7, 11) is 0. The first-order valence-corrected chi connectivity index (χ1v) is 6.10. The fraction of sp³-hybridized carbons (Fsp3) is 0.750. The van der Waals surface area contributed by atoms with Crippen molar-refractivity contribution in [1.82, 2.24) is 5.32 Å². The Kier molecular flexibility index (Phi) is 7.10. The third-order valence-corrected chi connectivity index (χ3v) is 3.60. The van der Waals surface area contributed by atoms with E-state index >= 15 is 0 Å². The van der Waals surface area contributed by atoms with E-state index in [2.05, 4.69) is 17.2 Å². The van der Waals surface area contributed by atoms with E-state index in [1.54, 1.807) is 6.92 Å². The molecule has 2 amide bonds. The van der Waals surface area contributed by atoms with Gasteiger partial charge in [-0.25, -0.2) is 4.99 Å². The summed E-state index contributed by atoms with van der Waals surface area (Å²) in [5, 5.41) is 13.1. The molecule has 1 rings (SSSR count). The SMILES string of the molecule is CCCCC(C)C1(CC)C(=O)N=C([O-])NC1=O.[Na+]. The van der Waals surface area contributed by atoms with E-state index in [4.69, 9.17) is 0 Å². The molecule has 0 aromatic rings. The third kappa shape index (κ3) is 3.13. The Hall–Kier alpha value is -0.390. The zero-order valence-electron chi connectivity index (χ0n) is 11.6. The van der Waals surface area contributed by atoms with E-state index in [1.807, 2.05) is 6.92 Å². The first-order valence-electron chi connectivity index (χ1n) is 6.10. The Morgan fingerprint density at radius 1 is 1.39 bits per heavy atom. The monoisotopic (exact) mass is 262 g/mol. The average Bonchev–Trinajstić information content (AvgIpc) is 2.26. The van der Waals surface area contributed by atoms with Crippen molar-refractivity contribution in [3.63, 3.8) is 0 Å². The molecule has 0 saturated heterocycles. The van der Waals surface area contributed by atoms with E-state index in [-0.39, 0.29) is 35.5 Å². The quantitative estimate of drug-likeness (QED) is 0.442. The molecule has 0 bridgehead atoms. The zero-order valence-corrected chi connectivity index (χ0v) is 13.6. The van der Waals surface area contributed by atoms with Gasteiger partial charge in [-0.1, -0.05) is 33.6 Å². The molecule has 0 aromatic heterocycles. The normalized spacial score (nSPS) is 24.9. The largest absolute Gasteiger partial charge is 1.00 e. The molecule has 2 atom stereocenters. The second kappa shape index (κ2) is 7.26. The number of hydrogen-bond acceptors (Lipinski definition) is 3. The summed E-state index contributed by atoms with van der Waals surface area (Å²) in [4.78, 5) is 27.3. The Morgan fingerprint density at radius 2 is 2.00 bits per heavy atom. The first-order chi connectivity index (χ1) is 7.98. The van der Waals surface area contributed by atoms with Crippen LogP contribution in [0.1, 0.15) is 46.5 Å². The standard InChI is InChI=1S/C12H20N2O3.Na/c1-4-6-7-8(3)12(5-2)9(15)13-11(17)14-10(12)16;/h8H,4-7H2,1-3H3,(H2,13,14,15,16,17);/q;+1/p-1. The van der Waals surface area contributed by atoms with Crippen LogP contribution in [-0.2, 0) is 9.59 Å². The molecule has 1 heterocycles. The van der Waals surface area contributed by atoms with Crippen molar-refractivity contribution in [1.29, 1.82) is 0 Å². The number of nitrogens with zero attached hydrogens (tertiary/aromatic N) is 1. The number of carbonyl (C=O) groups is 2. The smallest absolute Gasteiger partial charge is 0.846 e. The molecule has 1 aliphatic heterocycles. The maximum absolute atomic E-state index is 12.0. The molecule has 96 valence electrons. The van der Waals surface area contributed by atoms with E-state index in [0.29, 0.717) is 6.42 Å². The van der Waals surface area contributed by atoms with Crippen LogP contribution in [-0.4, -0.2) is 17.8 Å². The number of amidine groups is 1. The van der Waals surface area contributed by atoms with Crippen LogP contribution in [0.15, 0.2) is 4.99 Å². The summed E-state index contributed by atoms with van der Waals surface area (Å²) in [5.74, 6) is -1.18. The molecular weight excluding hydrogens is 243 g/mol. The molecule has 0 spiro atoms. The summed E-state index contributed by atoms with van der Waals surface area (Å²) < 4.78 is 0. The Morgan fingerprint density at radius 3 is 2.44 bits per heavy atom. The molecule has 1 aliphatic rings. The topological polar surface area (TPSA) is 81.6 Å². The minimum Gasteiger partial charge on any atom is -0.846 e. The second-order valence-corrected chi connectivity index (χ2v) is 4.54. The van der Waals surface area contributed by atoms with Crippen molar-refractivity contribution in [3.05, 3.63) is 0 Å². The summed E-state index contributed by atoms with van der Waals surface area (Å²) in [6, 6.07) is -0.841. The fourth-order valence-corrected chi connectivity index (χ4v) is 2.38. The van der Waals surface area contributed by atoms with Crippen LogP contribution in [0.25, 0.3) is 0 Å². The maximum Gasteiger partial charge on any atom is 1.00 e. The van der Waals surface area contributed by atoms with Crippen molar-refractivity contribution < 1.29 is 44.3 Å². The van der Waals surface area contributed by atoms with E-state index in [0.717, 1.165) is 19.3 Å². The molecule has 0 aromatic carbocycles. The zero-order chi connectivity index (χ0) is 13.1. The van der Waals surface area contributed by atoms with Gasteiger partial charge in [-0.05, 0) is 18.8 Å². The van der Waals surface area contributed by atoms with Gasteiger partial charge in [0, 0.05) is 0 Å². The predicted octanol–water partition coefficient (Wildman–Crippen LogP) is -2.41. The average molecular weight is 262 g/mol. The van der Waals surface area contributed by atoms with Gasteiger partial charge in [-0.2, -0.15) is 0 Å². The molecular formula is C12H19N2NaO3. The molecule has 0 aliphatic carbocycles. The number of amides is 2. The van der Waals surface area contributed by atoms with Gasteiger partial charge in [-0.3, -0.25) is 9.59 Å². The van der Waals surface area contributed by atoms with Crippen molar-refractivity contribution in [3.8, 4) is 0 Å². The fourth-order valence-electron chi connectivity index (χ4n) is 2.38. The molecule has 0 fully saturated rings. The van der Waals surface area contributed by atoms with E-state index in [9.17, 15) is 14.7 Å². The number of unbranched alkanes of at least 4 members (excludes halogenated alkanes) is 1. The van der Waals surface area contributed by atoms with Crippen molar-refractivity contribution in [2.45, 2.75) is 46.5 Å². The number of hydrogen-bond donors (Lipinski definition) is 1. The number of carbonyl (C=O) groups excluding carboxylic acids is 2. The Labute approximate surface area is 130 Å². The Balaban J connectivity index is 0.00000289. The van der Waals surface area contributed by atoms with Gasteiger partial charge in [0.1, 0.15) is 5.41 Å². The van der Waals surface area contributed by atoms with Crippen molar-refractivity contribution in [2.75, 3.05) is 0 Å².